The minimum absolute atomic E-state index is 0.139. The second kappa shape index (κ2) is 34.2. The Morgan fingerprint density at radius 1 is 0.320 bits per heavy atom. The van der Waals surface area contributed by atoms with Crippen LogP contribution in [-0.2, 0) is 0 Å². The summed E-state index contributed by atoms with van der Waals surface area (Å²) in [6, 6.07) is 0. The van der Waals surface area contributed by atoms with Crippen molar-refractivity contribution in [2.45, 2.75) is 232 Å². The lowest BCUT2D eigenvalue weighted by Crippen LogP contribution is -2.33. The van der Waals surface area contributed by atoms with E-state index in [2.05, 4.69) is 6.92 Å². The zero-order valence-electron chi connectivity index (χ0n) is 32.7. The predicted molar refractivity (Wildman–Crippen MR) is 213 cm³/mol. The second-order valence-electron chi connectivity index (χ2n) is 15.3. The summed E-state index contributed by atoms with van der Waals surface area (Å²) in [6.07, 6.45) is 46.9. The quantitative estimate of drug-likeness (QED) is 0.0160. The van der Waals surface area contributed by atoms with Crippen LogP contribution in [0.2, 0.25) is 6.82 Å². The van der Waals surface area contributed by atoms with E-state index in [-0.39, 0.29) is 8.46 Å². The lowest BCUT2D eigenvalue weighted by molar-refractivity contribution is 0.384. The molecule has 0 saturated carbocycles. The number of unbranched alkanes of at least 4 members (excludes halogenated alkanes) is 33. The zero-order valence-corrected chi connectivity index (χ0v) is 33.7. The van der Waals surface area contributed by atoms with Gasteiger partial charge in [0.15, 0.2) is 29.1 Å². The lowest BCUT2D eigenvalue weighted by Gasteiger charge is -2.13. The molecule has 0 amide bonds. The number of hydrogen-bond acceptors (Lipinski definition) is 0. The molecule has 0 radical (unpaired) electrons. The maximum Gasteiger partial charge on any atom is 0.206 e. The minimum atomic E-state index is -2.08. The van der Waals surface area contributed by atoms with Gasteiger partial charge in [-0.1, -0.05) is 232 Å². The molecule has 0 aliphatic rings. The molecule has 0 N–H and O–H groups in total. The highest BCUT2D eigenvalue weighted by Gasteiger charge is 2.29. The SMILES string of the molecule is CCCCCCCCCCCCCCCCCCCCCCCCCCCCCCCCCCCCPB(C)c1c(F)c(F)c(F)c(F)c1F. The lowest BCUT2D eigenvalue weighted by atomic mass is 9.70. The van der Waals surface area contributed by atoms with E-state index in [0.717, 1.165) is 25.4 Å². The highest BCUT2D eigenvalue weighted by Crippen LogP contribution is 2.24. The van der Waals surface area contributed by atoms with Gasteiger partial charge in [-0.2, -0.15) is 0 Å². The van der Waals surface area contributed by atoms with Gasteiger partial charge in [0.1, 0.15) is 0 Å². The molecule has 0 fully saturated rings. The van der Waals surface area contributed by atoms with E-state index in [0.29, 0.717) is 0 Å². The van der Waals surface area contributed by atoms with E-state index < -0.39 is 41.0 Å². The third kappa shape index (κ3) is 24.6. The van der Waals surface area contributed by atoms with Crippen molar-refractivity contribution < 1.29 is 22.0 Å². The number of halogens is 5. The fourth-order valence-corrected chi connectivity index (χ4v) is 8.62. The summed E-state index contributed by atoms with van der Waals surface area (Å²) in [4.78, 5) is 0. The van der Waals surface area contributed by atoms with Gasteiger partial charge >= 0.3 is 0 Å². The van der Waals surface area contributed by atoms with Gasteiger partial charge in [0.25, 0.3) is 0 Å². The average molecular weight is 731 g/mol. The molecule has 1 rings (SSSR count). The van der Waals surface area contributed by atoms with Crippen LogP contribution in [0.3, 0.4) is 0 Å². The molecule has 1 aromatic rings. The van der Waals surface area contributed by atoms with E-state index in [1.807, 2.05) is 0 Å². The van der Waals surface area contributed by atoms with Crippen LogP contribution in [0.15, 0.2) is 0 Å². The largest absolute Gasteiger partial charge is 0.206 e. The molecule has 0 saturated heterocycles. The van der Waals surface area contributed by atoms with E-state index >= 15 is 0 Å². The Morgan fingerprint density at radius 2 is 0.520 bits per heavy atom. The smallest absolute Gasteiger partial charge is 0.204 e. The first-order chi connectivity index (χ1) is 24.4. The number of rotatable bonds is 37. The monoisotopic (exact) mass is 731 g/mol. The molecule has 292 valence electrons. The van der Waals surface area contributed by atoms with E-state index in [4.69, 9.17) is 0 Å². The summed E-state index contributed by atoms with van der Waals surface area (Å²) in [5.74, 6) is -9.14. The van der Waals surface area contributed by atoms with E-state index in [1.54, 1.807) is 6.82 Å². The summed E-state index contributed by atoms with van der Waals surface area (Å²) in [5, 5.41) is 0. The first-order valence-electron chi connectivity index (χ1n) is 21.7. The van der Waals surface area contributed by atoms with Crippen molar-refractivity contribution in [3.8, 4) is 0 Å². The topological polar surface area (TPSA) is 0 Å². The Kier molecular flexibility index (Phi) is 32.4. The minimum Gasteiger partial charge on any atom is -0.204 e. The highest BCUT2D eigenvalue weighted by atomic mass is 31.1. The maximum absolute atomic E-state index is 14.0. The standard InChI is InChI=1S/C43H77BF5P/c1-3-4-5-6-7-8-9-10-11-12-13-14-15-16-17-18-19-20-21-22-23-24-25-26-27-28-29-30-31-32-33-34-35-36-37-50-44(2)38-39(45)41(47)43(49)42(48)40(38)46/h50H,3-37H2,1-2H3. The number of hydrogen-bond donors (Lipinski definition) is 0. The molecule has 7 heteroatoms. The second-order valence-corrected chi connectivity index (χ2v) is 17.1. The molecule has 50 heavy (non-hydrogen) atoms. The van der Waals surface area contributed by atoms with Crippen molar-refractivity contribution in [1.82, 2.24) is 0 Å². The van der Waals surface area contributed by atoms with Gasteiger partial charge in [-0.25, -0.2) is 22.0 Å². The van der Waals surface area contributed by atoms with Gasteiger partial charge in [0.05, 0.1) is 0 Å². The van der Waals surface area contributed by atoms with Gasteiger partial charge in [-0.05, 0) is 6.16 Å². The van der Waals surface area contributed by atoms with Gasteiger partial charge in [-0.3, -0.25) is 0 Å². The van der Waals surface area contributed by atoms with Crippen molar-refractivity contribution in [1.29, 1.82) is 0 Å². The normalized spacial score (nSPS) is 11.8. The van der Waals surface area contributed by atoms with Crippen molar-refractivity contribution in [3.05, 3.63) is 29.1 Å². The molecular formula is C43H77BF5P. The Bertz CT molecular complexity index is 885. The first-order valence-corrected chi connectivity index (χ1v) is 22.9. The molecule has 0 aromatic heterocycles. The molecule has 1 atom stereocenters. The number of benzene rings is 1. The molecule has 0 aliphatic carbocycles. The Morgan fingerprint density at radius 3 is 0.760 bits per heavy atom. The van der Waals surface area contributed by atoms with Crippen LogP contribution in [0.5, 0.6) is 0 Å². The van der Waals surface area contributed by atoms with Gasteiger partial charge in [0, 0.05) is 5.46 Å². The summed E-state index contributed by atoms with van der Waals surface area (Å²) >= 11 is 0. The van der Waals surface area contributed by atoms with Crippen LogP contribution in [0.1, 0.15) is 225 Å². The average Bonchev–Trinajstić information content (AvgIpc) is 3.11. The molecule has 0 spiro atoms. The van der Waals surface area contributed by atoms with Gasteiger partial charge < -0.3 is 0 Å². The predicted octanol–water partition coefficient (Wildman–Crippen LogP) is 16.2. The summed E-state index contributed by atoms with van der Waals surface area (Å²) in [7, 11) is 0.139. The molecule has 0 nitrogen and oxygen atoms in total. The summed E-state index contributed by atoms with van der Waals surface area (Å²) in [5.41, 5.74) is -0.666. The van der Waals surface area contributed by atoms with Crippen molar-refractivity contribution in [3.63, 3.8) is 0 Å². The van der Waals surface area contributed by atoms with Crippen LogP contribution in [0, 0.1) is 29.1 Å². The highest BCUT2D eigenvalue weighted by molar-refractivity contribution is 7.78. The summed E-state index contributed by atoms with van der Waals surface area (Å²) in [6.45, 7) is 3.84. The van der Waals surface area contributed by atoms with Crippen LogP contribution < -0.4 is 5.46 Å². The molecule has 0 aliphatic heterocycles. The first kappa shape index (κ1) is 47.4. The third-order valence-corrected chi connectivity index (χ3v) is 12.2. The molecule has 1 aromatic carbocycles. The van der Waals surface area contributed by atoms with Crippen molar-refractivity contribution in [2.75, 3.05) is 6.16 Å². The maximum atomic E-state index is 14.0. The van der Waals surface area contributed by atoms with Gasteiger partial charge in [0.2, 0.25) is 6.43 Å². The fraction of sp³-hybridized carbons (Fsp3) is 0.860. The van der Waals surface area contributed by atoms with Crippen LogP contribution in [-0.4, -0.2) is 12.6 Å². The van der Waals surface area contributed by atoms with Crippen molar-refractivity contribution >= 4 is 20.4 Å². The molecular weight excluding hydrogens is 653 g/mol. The van der Waals surface area contributed by atoms with Gasteiger partial charge in [-0.15, -0.1) is 8.46 Å². The van der Waals surface area contributed by atoms with Crippen molar-refractivity contribution in [2.24, 2.45) is 0 Å². The molecule has 0 heterocycles. The Balaban J connectivity index is 1.73. The zero-order chi connectivity index (χ0) is 36.5. The van der Waals surface area contributed by atoms with E-state index in [9.17, 15) is 22.0 Å². The molecule has 0 bridgehead atoms. The Labute approximate surface area is 308 Å². The Hall–Kier alpha value is -0.635. The van der Waals surface area contributed by atoms with Crippen LogP contribution >= 0.6 is 8.46 Å². The molecule has 1 unspecified atom stereocenters. The van der Waals surface area contributed by atoms with Crippen LogP contribution in [0.4, 0.5) is 22.0 Å². The fourth-order valence-electron chi connectivity index (χ4n) is 7.28. The third-order valence-electron chi connectivity index (χ3n) is 10.7. The van der Waals surface area contributed by atoms with E-state index in [1.165, 1.54) is 199 Å². The van der Waals surface area contributed by atoms with Crippen LogP contribution in [0.25, 0.3) is 0 Å². The summed E-state index contributed by atoms with van der Waals surface area (Å²) < 4.78 is 68.1.